The summed E-state index contributed by atoms with van der Waals surface area (Å²) < 4.78 is 85.1. The third-order valence-electron chi connectivity index (χ3n) is 4.55. The lowest BCUT2D eigenvalue weighted by Crippen LogP contribution is -2.41. The smallest absolute Gasteiger partial charge is 0.416 e. The monoisotopic (exact) mass is 515 g/mol. The van der Waals surface area contributed by atoms with Gasteiger partial charge in [-0.25, -0.2) is 0 Å². The van der Waals surface area contributed by atoms with Crippen molar-refractivity contribution in [1.29, 1.82) is 0 Å². The van der Waals surface area contributed by atoms with Crippen molar-refractivity contribution in [2.45, 2.75) is 52.7 Å². The highest BCUT2D eigenvalue weighted by Gasteiger charge is 2.40. The third kappa shape index (κ3) is 9.81. The molecule has 3 aromatic rings. The van der Waals surface area contributed by atoms with Gasteiger partial charge in [0.05, 0.1) is 12.1 Å². The fraction of sp³-hybridized carbons (Fsp3) is 0.333. The van der Waals surface area contributed by atoms with Crippen LogP contribution in [0.1, 0.15) is 38.8 Å². The van der Waals surface area contributed by atoms with Gasteiger partial charge in [0.1, 0.15) is 11.5 Å². The number of aliphatic hydroxyl groups excluding tert-OH is 1. The Kier molecular flexibility index (Phi) is 12.3. The normalized spacial score (nSPS) is 11.9. The Labute approximate surface area is 208 Å². The topological polar surface area (TPSA) is 32.7 Å². The van der Waals surface area contributed by atoms with Crippen LogP contribution in [-0.2, 0) is 12.7 Å². The van der Waals surface area contributed by atoms with Crippen LogP contribution in [0.3, 0.4) is 0 Å². The number of hydrogen-bond acceptors (Lipinski definition) is 3. The zero-order valence-electron chi connectivity index (χ0n) is 20.6. The summed E-state index contributed by atoms with van der Waals surface area (Å²) >= 11 is 0. The highest BCUT2D eigenvalue weighted by atomic mass is 19.4. The average molecular weight is 516 g/mol. The second-order valence-electron chi connectivity index (χ2n) is 7.05. The minimum Gasteiger partial charge on any atom is -0.457 e. The van der Waals surface area contributed by atoms with E-state index in [1.54, 1.807) is 48.5 Å². The molecular weight excluding hydrogens is 484 g/mol. The molecule has 0 aliphatic rings. The number of benzene rings is 3. The lowest BCUT2D eigenvalue weighted by atomic mass is 10.1. The number of alkyl halides is 6. The minimum atomic E-state index is -4.93. The van der Waals surface area contributed by atoms with Crippen LogP contribution in [0.25, 0.3) is 0 Å². The predicted molar refractivity (Wildman–Crippen MR) is 130 cm³/mol. The molecule has 1 N–H and O–H groups in total. The van der Waals surface area contributed by atoms with Crippen molar-refractivity contribution in [3.05, 3.63) is 90.0 Å². The minimum absolute atomic E-state index is 0.153. The molecule has 0 aliphatic carbocycles. The average Bonchev–Trinajstić information content (AvgIpc) is 2.86. The van der Waals surface area contributed by atoms with Crippen molar-refractivity contribution in [3.8, 4) is 11.5 Å². The zero-order chi connectivity index (χ0) is 27.4. The van der Waals surface area contributed by atoms with E-state index in [2.05, 4.69) is 0 Å². The van der Waals surface area contributed by atoms with Crippen LogP contribution >= 0.6 is 0 Å². The molecule has 198 valence electrons. The number of ether oxygens (including phenoxy) is 1. The lowest BCUT2D eigenvalue weighted by Gasteiger charge is -2.29. The fourth-order valence-electron chi connectivity index (χ4n) is 2.99. The molecule has 1 unspecified atom stereocenters. The maximum Gasteiger partial charge on any atom is 0.416 e. The van der Waals surface area contributed by atoms with Crippen molar-refractivity contribution >= 4 is 5.69 Å². The summed E-state index contributed by atoms with van der Waals surface area (Å²) in [5, 5.41) is 9.61. The van der Waals surface area contributed by atoms with Crippen LogP contribution < -0.4 is 9.64 Å². The molecule has 36 heavy (non-hydrogen) atoms. The van der Waals surface area contributed by atoms with E-state index in [9.17, 15) is 31.4 Å². The summed E-state index contributed by atoms with van der Waals surface area (Å²) in [6.45, 7) is 6.89. The molecule has 1 atom stereocenters. The van der Waals surface area contributed by atoms with Crippen LogP contribution in [0.5, 0.6) is 11.5 Å². The molecule has 3 nitrogen and oxygen atoms in total. The Morgan fingerprint density at radius 2 is 1.28 bits per heavy atom. The van der Waals surface area contributed by atoms with Crippen LogP contribution in [0, 0.1) is 0 Å². The molecule has 0 saturated carbocycles. The predicted octanol–water partition coefficient (Wildman–Crippen LogP) is 8.48. The van der Waals surface area contributed by atoms with Crippen molar-refractivity contribution in [2.24, 2.45) is 0 Å². The molecule has 0 aromatic heterocycles. The summed E-state index contributed by atoms with van der Waals surface area (Å²) in [7, 11) is 0. The van der Waals surface area contributed by atoms with E-state index in [-0.39, 0.29) is 23.7 Å². The van der Waals surface area contributed by atoms with E-state index in [0.717, 1.165) is 17.0 Å². The first-order valence-corrected chi connectivity index (χ1v) is 11.5. The number of anilines is 1. The number of halogens is 6. The molecule has 0 saturated heterocycles. The Morgan fingerprint density at radius 3 is 1.78 bits per heavy atom. The third-order valence-corrected chi connectivity index (χ3v) is 4.55. The van der Waals surface area contributed by atoms with Gasteiger partial charge in [-0.05, 0) is 29.8 Å². The van der Waals surface area contributed by atoms with Gasteiger partial charge in [0.25, 0.3) is 0 Å². The Bertz CT molecular complexity index is 1010. The molecule has 0 amide bonds. The van der Waals surface area contributed by atoms with E-state index in [4.69, 9.17) is 4.74 Å². The first-order valence-electron chi connectivity index (χ1n) is 11.5. The summed E-state index contributed by atoms with van der Waals surface area (Å²) in [4.78, 5) is 1.04. The molecule has 3 aromatic carbocycles. The number of rotatable bonds is 7. The number of nitrogens with zero attached hydrogens (tertiary/aromatic N) is 1. The maximum absolute atomic E-state index is 13.5. The van der Waals surface area contributed by atoms with Crippen LogP contribution in [-0.4, -0.2) is 23.9 Å². The van der Waals surface area contributed by atoms with Gasteiger partial charge < -0.3 is 14.7 Å². The first kappa shape index (κ1) is 30.8. The van der Waals surface area contributed by atoms with Crippen molar-refractivity contribution in [1.82, 2.24) is 0 Å². The quantitative estimate of drug-likeness (QED) is 0.320. The second kappa shape index (κ2) is 14.4. The van der Waals surface area contributed by atoms with Gasteiger partial charge in [-0.3, -0.25) is 0 Å². The van der Waals surface area contributed by atoms with E-state index in [1.807, 2.05) is 27.7 Å². The van der Waals surface area contributed by atoms with Gasteiger partial charge in [-0.15, -0.1) is 0 Å². The van der Waals surface area contributed by atoms with Gasteiger partial charge in [0.15, 0.2) is 6.10 Å². The van der Waals surface area contributed by atoms with E-state index in [1.165, 1.54) is 18.2 Å². The van der Waals surface area contributed by atoms with Gasteiger partial charge in [0.2, 0.25) is 0 Å². The molecular formula is C27H31F6NO2. The molecule has 3 rings (SSSR count). The van der Waals surface area contributed by atoms with E-state index < -0.39 is 30.6 Å². The Morgan fingerprint density at radius 1 is 0.750 bits per heavy atom. The maximum atomic E-state index is 13.5. The van der Waals surface area contributed by atoms with Gasteiger partial charge in [-0.2, -0.15) is 26.3 Å². The summed E-state index contributed by atoms with van der Waals surface area (Å²) in [6, 6.07) is 19.0. The number of para-hydroxylation sites is 1. The molecule has 0 aliphatic heterocycles. The van der Waals surface area contributed by atoms with Gasteiger partial charge >= 0.3 is 12.4 Å². The van der Waals surface area contributed by atoms with Crippen molar-refractivity contribution in [3.63, 3.8) is 0 Å². The Hall–Kier alpha value is -3.20. The fourth-order valence-corrected chi connectivity index (χ4v) is 2.99. The Balaban J connectivity index is 0.00000154. The summed E-state index contributed by atoms with van der Waals surface area (Å²) in [5.74, 6) is 0.0725. The van der Waals surface area contributed by atoms with Crippen LogP contribution in [0.2, 0.25) is 0 Å². The van der Waals surface area contributed by atoms with Gasteiger partial charge in [0, 0.05) is 18.3 Å². The lowest BCUT2D eigenvalue weighted by molar-refractivity contribution is -0.200. The molecule has 0 fully saturated rings. The summed E-state index contributed by atoms with van der Waals surface area (Å²) in [6.07, 6.45) is -12.4. The number of aliphatic hydroxyl groups is 1. The second-order valence-corrected chi connectivity index (χ2v) is 7.05. The number of hydrogen-bond donors (Lipinski definition) is 1. The zero-order valence-corrected chi connectivity index (χ0v) is 20.6. The van der Waals surface area contributed by atoms with Gasteiger partial charge in [-0.1, -0.05) is 76.2 Å². The van der Waals surface area contributed by atoms with Crippen molar-refractivity contribution < 1.29 is 36.2 Å². The molecule has 0 bridgehead atoms. The molecule has 0 heterocycles. The standard InChI is InChI=1S/C23H19F6NO2.2C2H6/c24-22(25,26)17-11-18(13-20(12-17)32-19-9-5-2-6-10-19)30(15-21(31)23(27,28)29)14-16-7-3-1-4-8-16;2*1-2/h1-13,21,31H,14-15H2;2*1-2H3. The van der Waals surface area contributed by atoms with Crippen LogP contribution in [0.4, 0.5) is 32.0 Å². The van der Waals surface area contributed by atoms with E-state index >= 15 is 0 Å². The van der Waals surface area contributed by atoms with Crippen LogP contribution in [0.15, 0.2) is 78.9 Å². The highest BCUT2D eigenvalue weighted by Crippen LogP contribution is 2.37. The van der Waals surface area contributed by atoms with E-state index in [0.29, 0.717) is 5.56 Å². The van der Waals surface area contributed by atoms with Crippen molar-refractivity contribution in [2.75, 3.05) is 11.4 Å². The molecule has 0 radical (unpaired) electrons. The SMILES string of the molecule is CC.CC.OC(CN(Cc1ccccc1)c1cc(Oc2ccccc2)cc(C(F)(F)F)c1)C(F)(F)F. The molecule has 0 spiro atoms. The highest BCUT2D eigenvalue weighted by molar-refractivity contribution is 5.55. The summed E-state index contributed by atoms with van der Waals surface area (Å²) in [5.41, 5.74) is -0.691. The largest absolute Gasteiger partial charge is 0.457 e. The first-order chi connectivity index (χ1) is 17.0. The molecule has 9 heteroatoms.